The highest BCUT2D eigenvalue weighted by atomic mass is 16.6. The Balaban J connectivity index is 0.000000126. The minimum Gasteiger partial charge on any atom is -0.497 e. The van der Waals surface area contributed by atoms with E-state index in [1.165, 1.54) is 99.0 Å². The Labute approximate surface area is 758 Å². The Bertz CT molecular complexity index is 7320. The fourth-order valence-electron chi connectivity index (χ4n) is 17.6. The van der Waals surface area contributed by atoms with Gasteiger partial charge in [-0.2, -0.15) is 0 Å². The second-order valence-corrected chi connectivity index (χ2v) is 32.1. The average Bonchev–Trinajstić information content (AvgIpc) is 0.768. The van der Waals surface area contributed by atoms with Gasteiger partial charge < -0.3 is 38.9 Å². The molecule has 0 radical (unpaired) electrons. The van der Waals surface area contributed by atoms with E-state index in [4.69, 9.17) is 9.47 Å². The van der Waals surface area contributed by atoms with Gasteiger partial charge in [-0.15, -0.1) is 0 Å². The van der Waals surface area contributed by atoms with Gasteiger partial charge in [0, 0.05) is 123 Å². The number of ether oxygens (including phenoxy) is 2. The lowest BCUT2D eigenvalue weighted by atomic mass is 10.0. The van der Waals surface area contributed by atoms with Crippen LogP contribution in [0.1, 0.15) is 0 Å². The molecule has 0 amide bonds. The molecule has 11 nitrogen and oxygen atoms in total. The lowest BCUT2D eigenvalue weighted by Gasteiger charge is -2.28. The molecule has 0 saturated carbocycles. The van der Waals surface area contributed by atoms with Crippen LogP contribution < -0.4 is 38.9 Å². The van der Waals surface area contributed by atoms with Gasteiger partial charge in [-0.25, -0.2) is 0 Å². The summed E-state index contributed by atoms with van der Waals surface area (Å²) in [6.07, 6.45) is 0. The van der Waals surface area contributed by atoms with E-state index >= 15 is 0 Å². The molecule has 0 aliphatic carbocycles. The van der Waals surface area contributed by atoms with E-state index in [0.717, 1.165) is 108 Å². The van der Waals surface area contributed by atoms with Gasteiger partial charge in [0.1, 0.15) is 11.5 Å². The first-order chi connectivity index (χ1) is 63.9. The summed E-state index contributed by atoms with van der Waals surface area (Å²) in [5.41, 5.74) is 23.6. The van der Waals surface area contributed by atoms with E-state index in [2.05, 4.69) is 457 Å². The maximum absolute atomic E-state index is 11.0. The number of hydrogen-bond acceptors (Lipinski definition) is 10. The Morgan fingerprint density at radius 3 is 0.638 bits per heavy atom. The first-order valence-electron chi connectivity index (χ1n) is 43.6. The number of non-ortho nitro benzene ring substituents is 1. The molecular formula is C119H93N7O4. The molecule has 628 valence electrons. The highest BCUT2D eigenvalue weighted by Gasteiger charge is 2.23. The van der Waals surface area contributed by atoms with Crippen LogP contribution >= 0.6 is 0 Å². The minimum atomic E-state index is -0.382. The fraction of sp³-hybridized carbons (Fsp3) is 0.0420. The first kappa shape index (κ1) is 82.6. The highest BCUT2D eigenvalue weighted by molar-refractivity contribution is 6.08. The van der Waals surface area contributed by atoms with Crippen molar-refractivity contribution in [1.29, 1.82) is 0 Å². The Morgan fingerprint density at radius 1 is 0.200 bits per heavy atom. The zero-order valence-corrected chi connectivity index (χ0v) is 72.8. The number of fused-ring (bicyclic) bond motifs is 6. The van der Waals surface area contributed by atoms with Gasteiger partial charge in [0.25, 0.3) is 5.69 Å². The largest absolute Gasteiger partial charge is 0.497 e. The number of nitrogens with zero attached hydrogens (tertiary/aromatic N) is 7. The van der Waals surface area contributed by atoms with E-state index in [-0.39, 0.29) is 10.6 Å². The Kier molecular flexibility index (Phi) is 23.8. The molecule has 130 heavy (non-hydrogen) atoms. The van der Waals surface area contributed by atoms with Crippen LogP contribution in [0.15, 0.2) is 473 Å². The van der Waals surface area contributed by atoms with Gasteiger partial charge in [-0.3, -0.25) is 10.1 Å². The lowest BCUT2D eigenvalue weighted by molar-refractivity contribution is -0.384. The van der Waals surface area contributed by atoms with Crippen molar-refractivity contribution in [3.8, 4) is 44.9 Å². The second-order valence-electron chi connectivity index (χ2n) is 32.1. The van der Waals surface area contributed by atoms with Crippen molar-refractivity contribution in [1.82, 2.24) is 0 Å². The van der Waals surface area contributed by atoms with Crippen LogP contribution in [-0.2, 0) is 0 Å². The number of hydrogen-bond donors (Lipinski definition) is 0. The molecule has 0 N–H and O–H groups in total. The monoisotopic (exact) mass is 1680 g/mol. The molecular weight excluding hydrogens is 1590 g/mol. The molecule has 11 heteroatoms. The van der Waals surface area contributed by atoms with Crippen molar-refractivity contribution in [3.05, 3.63) is 483 Å². The summed E-state index contributed by atoms with van der Waals surface area (Å²) in [5.74, 6) is 1.71. The third-order valence-corrected chi connectivity index (χ3v) is 24.5. The average molecular weight is 1690 g/mol. The van der Waals surface area contributed by atoms with Gasteiger partial charge in [-0.1, -0.05) is 297 Å². The lowest BCUT2D eigenvalue weighted by Crippen LogP contribution is -2.11. The number of methoxy groups -OCH3 is 2. The molecule has 21 aromatic carbocycles. The molecule has 0 aliphatic heterocycles. The van der Waals surface area contributed by atoms with Crippen LogP contribution in [0.2, 0.25) is 0 Å². The Morgan fingerprint density at radius 2 is 0.400 bits per heavy atom. The topological polar surface area (TPSA) is 81.0 Å². The third kappa shape index (κ3) is 17.2. The fourth-order valence-corrected chi connectivity index (χ4v) is 17.6. The molecule has 0 aromatic heterocycles. The summed E-state index contributed by atoms with van der Waals surface area (Å²) in [7, 11) is 9.51. The summed E-state index contributed by atoms with van der Waals surface area (Å²) in [6.45, 7) is 0. The van der Waals surface area contributed by atoms with Gasteiger partial charge in [-0.05, 0) is 223 Å². The summed E-state index contributed by atoms with van der Waals surface area (Å²) in [6, 6.07) is 166. The van der Waals surface area contributed by atoms with Gasteiger partial charge in [0.15, 0.2) is 0 Å². The van der Waals surface area contributed by atoms with Crippen LogP contribution in [-0.4, -0.2) is 40.3 Å². The zero-order valence-electron chi connectivity index (χ0n) is 72.8. The summed E-state index contributed by atoms with van der Waals surface area (Å²) < 4.78 is 10.7. The predicted molar refractivity (Wildman–Crippen MR) is 548 cm³/mol. The molecule has 0 atom stereocenters. The predicted octanol–water partition coefficient (Wildman–Crippen LogP) is 32.6. The molecule has 0 spiro atoms. The summed E-state index contributed by atoms with van der Waals surface area (Å²) in [4.78, 5) is 24.1. The zero-order chi connectivity index (χ0) is 88.4. The molecule has 21 rings (SSSR count). The van der Waals surface area contributed by atoms with Crippen molar-refractivity contribution in [2.75, 3.05) is 64.8 Å². The number of nitro groups is 1. The van der Waals surface area contributed by atoms with Gasteiger partial charge in [0.05, 0.1) is 53.3 Å². The number of nitro benzene ring substituents is 1. The van der Waals surface area contributed by atoms with Crippen molar-refractivity contribution in [2.45, 2.75) is 0 Å². The molecule has 21 aromatic rings. The number of anilines is 15. The van der Waals surface area contributed by atoms with Gasteiger partial charge in [0.2, 0.25) is 0 Å². The van der Waals surface area contributed by atoms with Crippen LogP contribution in [0.25, 0.3) is 98.0 Å². The highest BCUT2D eigenvalue weighted by Crippen LogP contribution is 2.48. The minimum absolute atomic E-state index is 0.0837. The first-order valence-corrected chi connectivity index (χ1v) is 43.6. The van der Waals surface area contributed by atoms with E-state index in [9.17, 15) is 10.1 Å². The summed E-state index contributed by atoms with van der Waals surface area (Å²) in [5, 5.41) is 25.6. The van der Waals surface area contributed by atoms with Gasteiger partial charge >= 0.3 is 0 Å². The molecule has 0 unspecified atom stereocenters. The molecule has 0 heterocycles. The standard InChI is InChI=1S/2C40H32N2O.C39H29N3O2/c1-41(35-14-9-15-36(28-35)43-2)33-24-20-29(21-25-33)30-22-26-34(27-23-30)42(39-18-7-12-31-10-3-5-16-37(31)39)40-19-8-13-32-11-4-6-17-38(32)40;1-41(34-25-27-36(43-2)28-26-34)33-21-17-29(18-22-33)30-19-23-35(24-20-30)42(39-15-7-11-31-9-3-5-13-37(31)39)40-16-8-12-32-10-4-6-14-38(32)40;1-40(33-24-26-35(27-25-33)42(43)44)32-20-16-28(17-21-32)29-18-22-34(23-19-29)41(38-14-6-10-30-8-2-4-12-36(30)38)39-15-7-11-31-9-3-5-13-37(31)39/h2*3-28H,1-2H3;2-27H,1H3. The maximum atomic E-state index is 11.0. The van der Waals surface area contributed by atoms with E-state index in [0.29, 0.717) is 0 Å². The molecule has 0 bridgehead atoms. The van der Waals surface area contributed by atoms with E-state index < -0.39 is 0 Å². The molecule has 0 aliphatic rings. The van der Waals surface area contributed by atoms with E-state index in [1.807, 2.05) is 42.3 Å². The molecule has 0 saturated heterocycles. The van der Waals surface area contributed by atoms with Crippen molar-refractivity contribution >= 4 is 156 Å². The SMILES string of the molecule is CN(c1ccc(-c2ccc(N(c3cccc4ccccc34)c3cccc4ccccc34)cc2)cc1)c1ccc([N+](=O)[O-])cc1.COc1ccc(N(C)c2ccc(-c3ccc(N(c4cccc5ccccc45)c4cccc5ccccc45)cc3)cc2)cc1.COc1cccc(N(C)c2ccc(-c3ccc(N(c4cccc5ccccc45)c4cccc5ccccc45)cc3)cc2)c1. The molecule has 0 fully saturated rings. The smallest absolute Gasteiger partial charge is 0.269 e. The van der Waals surface area contributed by atoms with Crippen LogP contribution in [0.5, 0.6) is 11.5 Å². The Hall–Kier alpha value is -17.0. The third-order valence-electron chi connectivity index (χ3n) is 24.5. The second kappa shape index (κ2) is 37.4. The number of rotatable bonds is 21. The number of benzene rings is 21. The van der Waals surface area contributed by atoms with E-state index in [1.54, 1.807) is 26.4 Å². The van der Waals surface area contributed by atoms with Crippen molar-refractivity contribution in [3.63, 3.8) is 0 Å². The quantitative estimate of drug-likeness (QED) is 0.0513. The van der Waals surface area contributed by atoms with Crippen molar-refractivity contribution in [2.24, 2.45) is 0 Å². The van der Waals surface area contributed by atoms with Crippen LogP contribution in [0.4, 0.5) is 91.0 Å². The van der Waals surface area contributed by atoms with Crippen molar-refractivity contribution < 1.29 is 14.4 Å². The summed E-state index contributed by atoms with van der Waals surface area (Å²) >= 11 is 0. The normalized spacial score (nSPS) is 11.0. The van der Waals surface area contributed by atoms with Crippen LogP contribution in [0.3, 0.4) is 0 Å². The maximum Gasteiger partial charge on any atom is 0.269 e. The van der Waals surface area contributed by atoms with Crippen LogP contribution in [0, 0.1) is 10.1 Å².